The van der Waals surface area contributed by atoms with Gasteiger partial charge in [0.1, 0.15) is 5.92 Å². The summed E-state index contributed by atoms with van der Waals surface area (Å²) in [5, 5.41) is 44.7. The molecular formula is C10H8N2O3. The fraction of sp³-hybridized carbons (Fsp3) is 0.200. The highest BCUT2D eigenvalue weighted by Gasteiger charge is 2.15. The summed E-state index contributed by atoms with van der Waals surface area (Å²) in [6, 6.07) is 6.03. The lowest BCUT2D eigenvalue weighted by atomic mass is 10.0. The minimum atomic E-state index is -0.889. The van der Waals surface area contributed by atoms with Gasteiger partial charge in [-0.2, -0.15) is 10.5 Å². The number of phenols is 3. The lowest BCUT2D eigenvalue weighted by Crippen LogP contribution is -1.98. The second-order valence-electron chi connectivity index (χ2n) is 2.96. The van der Waals surface area contributed by atoms with E-state index in [-0.39, 0.29) is 12.0 Å². The van der Waals surface area contributed by atoms with E-state index in [0.29, 0.717) is 0 Å². The Labute approximate surface area is 86.1 Å². The van der Waals surface area contributed by atoms with Crippen LogP contribution in [0.5, 0.6) is 17.2 Å². The van der Waals surface area contributed by atoms with Gasteiger partial charge in [-0.05, 0) is 6.07 Å². The fourth-order valence-electron chi connectivity index (χ4n) is 1.12. The van der Waals surface area contributed by atoms with Gasteiger partial charge in [-0.1, -0.05) is 6.07 Å². The number of hydrogen-bond acceptors (Lipinski definition) is 5. The zero-order valence-corrected chi connectivity index (χ0v) is 7.68. The lowest BCUT2D eigenvalue weighted by molar-refractivity contribution is 0.364. The van der Waals surface area contributed by atoms with E-state index in [1.807, 2.05) is 0 Å². The summed E-state index contributed by atoms with van der Waals surface area (Å²) in [7, 11) is 0. The van der Waals surface area contributed by atoms with Crippen molar-refractivity contribution in [3.63, 3.8) is 0 Å². The molecule has 0 aliphatic rings. The molecule has 0 aromatic heterocycles. The molecule has 1 aromatic carbocycles. The van der Waals surface area contributed by atoms with Crippen molar-refractivity contribution < 1.29 is 15.3 Å². The Kier molecular flexibility index (Phi) is 3.00. The molecule has 0 fully saturated rings. The Morgan fingerprint density at radius 2 is 1.67 bits per heavy atom. The standard InChI is InChI=1S/C10H8N2O3/c11-4-6(5-12)3-7-1-2-8(13)10(15)9(7)14/h1-2,6,13-15H,3H2. The number of aromatic hydroxyl groups is 3. The molecule has 1 rings (SSSR count). The first-order valence-electron chi connectivity index (χ1n) is 4.12. The average molecular weight is 204 g/mol. The van der Waals surface area contributed by atoms with Crippen molar-refractivity contribution in [3.8, 4) is 29.4 Å². The van der Waals surface area contributed by atoms with Gasteiger partial charge >= 0.3 is 0 Å². The van der Waals surface area contributed by atoms with Crippen molar-refractivity contribution in [2.24, 2.45) is 5.92 Å². The van der Waals surface area contributed by atoms with Gasteiger partial charge in [0.05, 0.1) is 12.1 Å². The first kappa shape index (κ1) is 10.7. The molecule has 76 valence electrons. The largest absolute Gasteiger partial charge is 0.504 e. The van der Waals surface area contributed by atoms with Crippen LogP contribution in [0.2, 0.25) is 0 Å². The van der Waals surface area contributed by atoms with E-state index >= 15 is 0 Å². The number of benzene rings is 1. The maximum Gasteiger partial charge on any atom is 0.200 e. The Bertz CT molecular complexity index is 443. The van der Waals surface area contributed by atoms with E-state index in [9.17, 15) is 10.2 Å². The van der Waals surface area contributed by atoms with Crippen LogP contribution < -0.4 is 0 Å². The van der Waals surface area contributed by atoms with Gasteiger partial charge in [-0.15, -0.1) is 0 Å². The van der Waals surface area contributed by atoms with E-state index in [1.54, 1.807) is 12.1 Å². The fourth-order valence-corrected chi connectivity index (χ4v) is 1.12. The molecule has 0 aliphatic heterocycles. The van der Waals surface area contributed by atoms with Gasteiger partial charge in [0.25, 0.3) is 0 Å². The predicted molar refractivity (Wildman–Crippen MR) is 49.9 cm³/mol. The third-order valence-electron chi connectivity index (χ3n) is 1.95. The average Bonchev–Trinajstić information content (AvgIpc) is 2.25. The second-order valence-corrected chi connectivity index (χ2v) is 2.96. The molecule has 0 spiro atoms. The molecule has 15 heavy (non-hydrogen) atoms. The van der Waals surface area contributed by atoms with E-state index < -0.39 is 23.2 Å². The third-order valence-corrected chi connectivity index (χ3v) is 1.95. The molecule has 3 N–H and O–H groups in total. The third kappa shape index (κ3) is 2.09. The second kappa shape index (κ2) is 4.21. The molecule has 0 amide bonds. The summed E-state index contributed by atoms with van der Waals surface area (Å²) in [6.45, 7) is 0. The minimum absolute atomic E-state index is 0.00662. The van der Waals surface area contributed by atoms with Crippen LogP contribution in [-0.4, -0.2) is 15.3 Å². The van der Waals surface area contributed by atoms with Crippen LogP contribution in [0, 0.1) is 28.6 Å². The Morgan fingerprint density at radius 1 is 1.07 bits per heavy atom. The van der Waals surface area contributed by atoms with Gasteiger partial charge in [0.15, 0.2) is 11.5 Å². The van der Waals surface area contributed by atoms with Crippen molar-refractivity contribution in [3.05, 3.63) is 17.7 Å². The highest BCUT2D eigenvalue weighted by atomic mass is 16.3. The summed E-state index contributed by atoms with van der Waals surface area (Å²) >= 11 is 0. The van der Waals surface area contributed by atoms with Crippen LogP contribution in [-0.2, 0) is 6.42 Å². The van der Waals surface area contributed by atoms with Crippen molar-refractivity contribution in [2.45, 2.75) is 6.42 Å². The number of nitriles is 2. The summed E-state index contributed by atoms with van der Waals surface area (Å²) in [6.07, 6.45) is 0.00662. The molecule has 0 heterocycles. The van der Waals surface area contributed by atoms with Crippen LogP contribution in [0.1, 0.15) is 5.56 Å². The normalized spacial score (nSPS) is 9.53. The summed E-state index contributed by atoms with van der Waals surface area (Å²) in [5.74, 6) is -2.46. The predicted octanol–water partition coefficient (Wildman–Crippen LogP) is 1.01. The number of nitrogens with zero attached hydrogens (tertiary/aromatic N) is 2. The van der Waals surface area contributed by atoms with Gasteiger partial charge in [-0.25, -0.2) is 0 Å². The Hall–Kier alpha value is -2.40. The van der Waals surface area contributed by atoms with Gasteiger partial charge in [-0.3, -0.25) is 0 Å². The molecule has 0 atom stereocenters. The van der Waals surface area contributed by atoms with E-state index in [0.717, 1.165) is 0 Å². The van der Waals surface area contributed by atoms with Gasteiger partial charge in [0.2, 0.25) is 5.75 Å². The maximum absolute atomic E-state index is 9.39. The molecule has 0 saturated heterocycles. The highest BCUT2D eigenvalue weighted by molar-refractivity contribution is 5.53. The molecule has 0 aliphatic carbocycles. The number of rotatable bonds is 2. The van der Waals surface area contributed by atoms with Crippen LogP contribution in [0.4, 0.5) is 0 Å². The van der Waals surface area contributed by atoms with Gasteiger partial charge in [0, 0.05) is 12.0 Å². The zero-order chi connectivity index (χ0) is 11.4. The minimum Gasteiger partial charge on any atom is -0.504 e. The molecule has 0 saturated carbocycles. The molecule has 5 nitrogen and oxygen atoms in total. The monoisotopic (exact) mass is 204 g/mol. The number of hydrogen-bond donors (Lipinski definition) is 3. The van der Waals surface area contributed by atoms with Crippen LogP contribution >= 0.6 is 0 Å². The topological polar surface area (TPSA) is 108 Å². The summed E-state index contributed by atoms with van der Waals surface area (Å²) in [4.78, 5) is 0. The van der Waals surface area contributed by atoms with Crippen LogP contribution in [0.3, 0.4) is 0 Å². The zero-order valence-electron chi connectivity index (χ0n) is 7.68. The van der Waals surface area contributed by atoms with E-state index in [4.69, 9.17) is 15.6 Å². The summed E-state index contributed by atoms with van der Waals surface area (Å²) < 4.78 is 0. The summed E-state index contributed by atoms with van der Waals surface area (Å²) in [5.41, 5.74) is 0.249. The molecule has 0 unspecified atom stereocenters. The molecule has 0 bridgehead atoms. The van der Waals surface area contributed by atoms with E-state index in [1.165, 1.54) is 12.1 Å². The molecule has 5 heteroatoms. The van der Waals surface area contributed by atoms with E-state index in [2.05, 4.69) is 0 Å². The lowest BCUT2D eigenvalue weighted by Gasteiger charge is -2.07. The number of phenolic OH excluding ortho intramolecular Hbond substituents is 3. The Morgan fingerprint density at radius 3 is 2.20 bits per heavy atom. The Balaban J connectivity index is 3.04. The van der Waals surface area contributed by atoms with Gasteiger partial charge < -0.3 is 15.3 Å². The van der Waals surface area contributed by atoms with Crippen LogP contribution in [0.15, 0.2) is 12.1 Å². The molecule has 0 radical (unpaired) electrons. The highest BCUT2D eigenvalue weighted by Crippen LogP contribution is 2.37. The van der Waals surface area contributed by atoms with Crippen molar-refractivity contribution in [2.75, 3.05) is 0 Å². The van der Waals surface area contributed by atoms with Crippen LogP contribution in [0.25, 0.3) is 0 Å². The first-order chi connectivity index (χ1) is 7.10. The maximum atomic E-state index is 9.39. The first-order valence-corrected chi connectivity index (χ1v) is 4.12. The molecule has 1 aromatic rings. The van der Waals surface area contributed by atoms with Crippen molar-refractivity contribution in [1.29, 1.82) is 10.5 Å². The SMILES string of the molecule is N#CC(C#N)Cc1ccc(O)c(O)c1O. The van der Waals surface area contributed by atoms with Crippen molar-refractivity contribution in [1.82, 2.24) is 0 Å². The van der Waals surface area contributed by atoms with Crippen molar-refractivity contribution >= 4 is 0 Å². The quantitative estimate of drug-likeness (QED) is 0.623. The smallest absolute Gasteiger partial charge is 0.200 e. The molecular weight excluding hydrogens is 196 g/mol.